The molecule has 2 atom stereocenters. The topological polar surface area (TPSA) is 76.0 Å². The molecule has 0 unspecified atom stereocenters. The molecule has 7 nitrogen and oxygen atoms in total. The maximum atomic E-state index is 13.2. The number of alkyl carbamates (subject to hydrolysis) is 1. The summed E-state index contributed by atoms with van der Waals surface area (Å²) in [5.41, 5.74) is 2.17. The van der Waals surface area contributed by atoms with Crippen molar-refractivity contribution in [1.82, 2.24) is 15.2 Å². The normalized spacial score (nSPS) is 16.4. The van der Waals surface area contributed by atoms with Crippen LogP contribution in [0.1, 0.15) is 31.4 Å². The number of carbonyl (C=O) groups is 2. The van der Waals surface area contributed by atoms with Crippen LogP contribution in [0.15, 0.2) is 54.9 Å². The third-order valence-corrected chi connectivity index (χ3v) is 5.95. The zero-order valence-electron chi connectivity index (χ0n) is 18.4. The van der Waals surface area contributed by atoms with Crippen LogP contribution < -0.4 is 10.2 Å². The molecule has 2 heterocycles. The van der Waals surface area contributed by atoms with Gasteiger partial charge < -0.3 is 19.9 Å². The van der Waals surface area contributed by atoms with E-state index in [0.717, 1.165) is 31.6 Å². The molecule has 2 N–H and O–H groups in total. The van der Waals surface area contributed by atoms with E-state index in [2.05, 4.69) is 10.3 Å². The van der Waals surface area contributed by atoms with E-state index in [0.29, 0.717) is 13.1 Å². The number of quaternary nitrogens is 1. The summed E-state index contributed by atoms with van der Waals surface area (Å²) in [5, 5.41) is 2.82. The molecule has 3 rings (SSSR count). The van der Waals surface area contributed by atoms with E-state index in [1.807, 2.05) is 73.6 Å². The van der Waals surface area contributed by atoms with Crippen LogP contribution in [-0.2, 0) is 22.7 Å². The van der Waals surface area contributed by atoms with Gasteiger partial charge in [-0.25, -0.2) is 4.79 Å². The molecule has 0 spiro atoms. The largest absolute Gasteiger partial charge is 0.445 e. The summed E-state index contributed by atoms with van der Waals surface area (Å²) in [6.45, 7) is 8.29. The molecular formula is C24H33N4O3+. The van der Waals surface area contributed by atoms with Crippen molar-refractivity contribution in [2.75, 3.05) is 26.2 Å². The number of ether oxygens (including phenoxy) is 1. The van der Waals surface area contributed by atoms with Crippen molar-refractivity contribution in [3.63, 3.8) is 0 Å². The predicted molar refractivity (Wildman–Crippen MR) is 118 cm³/mol. The van der Waals surface area contributed by atoms with Gasteiger partial charge in [0.1, 0.15) is 19.2 Å². The molecule has 0 saturated carbocycles. The Labute approximate surface area is 184 Å². The van der Waals surface area contributed by atoms with E-state index in [1.54, 1.807) is 0 Å². The van der Waals surface area contributed by atoms with Crippen molar-refractivity contribution >= 4 is 12.0 Å². The summed E-state index contributed by atoms with van der Waals surface area (Å²) in [5.74, 6) is 0.00735. The molecule has 2 aromatic rings. The minimum absolute atomic E-state index is 0.0195. The first-order valence-corrected chi connectivity index (χ1v) is 11.0. The number of hydrogen-bond acceptors (Lipinski definition) is 4. The zero-order chi connectivity index (χ0) is 22.1. The number of piperazine rings is 1. The third-order valence-electron chi connectivity index (χ3n) is 5.95. The molecule has 1 aliphatic rings. The standard InChI is InChI=1S/C24H32N4O3/c1-3-19(2)22(26-24(30)31-18-21-7-5-4-6-8-21)23(29)28-15-13-27(14-16-28)17-20-9-11-25-12-10-20/h4-12,19,22H,3,13-18H2,1-2H3,(H,26,30)/p+1/t19-,22-/m0/s1. The Hall–Kier alpha value is -2.93. The Morgan fingerprint density at radius 2 is 1.77 bits per heavy atom. The lowest BCUT2D eigenvalue weighted by Crippen LogP contribution is -3.13. The van der Waals surface area contributed by atoms with Crippen LogP contribution in [0.3, 0.4) is 0 Å². The Balaban J connectivity index is 1.51. The van der Waals surface area contributed by atoms with Gasteiger partial charge in [0.25, 0.3) is 0 Å². The summed E-state index contributed by atoms with van der Waals surface area (Å²) >= 11 is 0. The maximum Gasteiger partial charge on any atom is 0.408 e. The Kier molecular flexibility index (Phi) is 8.41. The van der Waals surface area contributed by atoms with Crippen molar-refractivity contribution in [3.8, 4) is 0 Å². The van der Waals surface area contributed by atoms with Crippen LogP contribution in [0, 0.1) is 5.92 Å². The lowest BCUT2D eigenvalue weighted by molar-refractivity contribution is -0.917. The first-order chi connectivity index (χ1) is 15.1. The summed E-state index contributed by atoms with van der Waals surface area (Å²) in [4.78, 5) is 33.0. The molecule has 0 radical (unpaired) electrons. The number of amides is 2. The monoisotopic (exact) mass is 425 g/mol. The van der Waals surface area contributed by atoms with Crippen molar-refractivity contribution in [2.24, 2.45) is 5.92 Å². The van der Waals surface area contributed by atoms with Gasteiger partial charge in [0, 0.05) is 18.0 Å². The van der Waals surface area contributed by atoms with Crippen molar-refractivity contribution in [2.45, 2.75) is 39.5 Å². The highest BCUT2D eigenvalue weighted by Gasteiger charge is 2.33. The molecule has 1 saturated heterocycles. The Morgan fingerprint density at radius 3 is 2.42 bits per heavy atom. The number of hydrogen-bond donors (Lipinski definition) is 2. The molecule has 166 valence electrons. The van der Waals surface area contributed by atoms with Crippen LogP contribution in [-0.4, -0.2) is 54.1 Å². The minimum atomic E-state index is -0.574. The van der Waals surface area contributed by atoms with Crippen LogP contribution in [0.4, 0.5) is 4.79 Å². The highest BCUT2D eigenvalue weighted by Crippen LogP contribution is 2.12. The second-order valence-electron chi connectivity index (χ2n) is 8.18. The van der Waals surface area contributed by atoms with Crippen molar-refractivity contribution < 1.29 is 19.2 Å². The quantitative estimate of drug-likeness (QED) is 0.674. The average Bonchev–Trinajstić information content (AvgIpc) is 2.82. The molecule has 1 fully saturated rings. The number of aromatic nitrogens is 1. The fraction of sp³-hybridized carbons (Fsp3) is 0.458. The van der Waals surface area contributed by atoms with E-state index in [-0.39, 0.29) is 18.4 Å². The molecule has 7 heteroatoms. The number of nitrogens with zero attached hydrogens (tertiary/aromatic N) is 2. The van der Waals surface area contributed by atoms with E-state index < -0.39 is 12.1 Å². The van der Waals surface area contributed by atoms with Gasteiger partial charge in [0.05, 0.1) is 26.2 Å². The van der Waals surface area contributed by atoms with Gasteiger partial charge in [-0.1, -0.05) is 50.6 Å². The van der Waals surface area contributed by atoms with Gasteiger partial charge in [0.2, 0.25) is 5.91 Å². The first kappa shape index (κ1) is 22.7. The summed E-state index contributed by atoms with van der Waals surface area (Å²) in [7, 11) is 0. The highest BCUT2D eigenvalue weighted by atomic mass is 16.5. The lowest BCUT2D eigenvalue weighted by Gasteiger charge is -2.35. The molecule has 31 heavy (non-hydrogen) atoms. The van der Waals surface area contributed by atoms with Gasteiger partial charge in [0.15, 0.2) is 0 Å². The molecule has 2 amide bonds. The molecule has 1 aromatic carbocycles. The van der Waals surface area contributed by atoms with Gasteiger partial charge in [-0.15, -0.1) is 0 Å². The van der Waals surface area contributed by atoms with Gasteiger partial charge in [-0.05, 0) is 23.6 Å². The number of pyridine rings is 1. The Bertz CT molecular complexity index is 823. The number of rotatable bonds is 8. The Morgan fingerprint density at radius 1 is 1.10 bits per heavy atom. The second kappa shape index (κ2) is 11.5. The maximum absolute atomic E-state index is 13.2. The summed E-state index contributed by atoms with van der Waals surface area (Å²) in [6, 6.07) is 13.0. The fourth-order valence-electron chi connectivity index (χ4n) is 3.78. The second-order valence-corrected chi connectivity index (χ2v) is 8.18. The van der Waals surface area contributed by atoms with Gasteiger partial charge >= 0.3 is 6.09 Å². The number of nitrogens with one attached hydrogen (secondary N) is 2. The van der Waals surface area contributed by atoms with Gasteiger partial charge in [-0.2, -0.15) is 0 Å². The van der Waals surface area contributed by atoms with Crippen molar-refractivity contribution in [3.05, 3.63) is 66.0 Å². The highest BCUT2D eigenvalue weighted by molar-refractivity contribution is 5.86. The van der Waals surface area contributed by atoms with Crippen molar-refractivity contribution in [1.29, 1.82) is 0 Å². The molecule has 0 bridgehead atoms. The van der Waals surface area contributed by atoms with E-state index in [9.17, 15) is 9.59 Å². The first-order valence-electron chi connectivity index (χ1n) is 11.0. The SMILES string of the molecule is CC[C@H](C)[C@H](NC(=O)OCc1ccccc1)C(=O)N1CC[NH+](Cc2ccncc2)CC1. The smallest absolute Gasteiger partial charge is 0.408 e. The van der Waals surface area contributed by atoms with E-state index in [4.69, 9.17) is 4.74 Å². The van der Waals surface area contributed by atoms with E-state index in [1.165, 1.54) is 10.5 Å². The molecule has 1 aromatic heterocycles. The number of carbonyl (C=O) groups excluding carboxylic acids is 2. The average molecular weight is 426 g/mol. The molecule has 1 aliphatic heterocycles. The lowest BCUT2D eigenvalue weighted by atomic mass is 9.97. The van der Waals surface area contributed by atoms with Crippen LogP contribution in [0.5, 0.6) is 0 Å². The minimum Gasteiger partial charge on any atom is -0.445 e. The van der Waals surface area contributed by atoms with Crippen LogP contribution in [0.25, 0.3) is 0 Å². The summed E-state index contributed by atoms with van der Waals surface area (Å²) < 4.78 is 5.34. The fourth-order valence-corrected chi connectivity index (χ4v) is 3.78. The summed E-state index contributed by atoms with van der Waals surface area (Å²) in [6.07, 6.45) is 3.87. The predicted octanol–water partition coefficient (Wildman–Crippen LogP) is 1.65. The van der Waals surface area contributed by atoms with Gasteiger partial charge in [-0.3, -0.25) is 9.78 Å². The van der Waals surface area contributed by atoms with Crippen LogP contribution >= 0.6 is 0 Å². The number of benzene rings is 1. The molecular weight excluding hydrogens is 392 g/mol. The zero-order valence-corrected chi connectivity index (χ0v) is 18.4. The van der Waals surface area contributed by atoms with E-state index >= 15 is 0 Å². The van der Waals surface area contributed by atoms with Crippen LogP contribution in [0.2, 0.25) is 0 Å². The molecule has 0 aliphatic carbocycles. The third kappa shape index (κ3) is 6.79.